The van der Waals surface area contributed by atoms with Gasteiger partial charge in [-0.25, -0.2) is 14.8 Å². The highest BCUT2D eigenvalue weighted by Crippen LogP contribution is 2.37. The van der Waals surface area contributed by atoms with Crippen LogP contribution in [0.2, 0.25) is 0 Å². The number of nitrogen functional groups attached to an aromatic ring is 1. The monoisotopic (exact) mass is 338 g/mol. The minimum absolute atomic E-state index is 0.255. The van der Waals surface area contributed by atoms with Crippen molar-refractivity contribution < 1.29 is 9.53 Å². The molecule has 1 unspecified atom stereocenters. The van der Waals surface area contributed by atoms with Crippen LogP contribution in [0.5, 0.6) is 0 Å². The maximum absolute atomic E-state index is 11.7. The first-order valence-electron chi connectivity index (χ1n) is 7.08. The Hall–Kier alpha value is -1.51. The number of rotatable bonds is 4. The fraction of sp³-hybridized carbons (Fsp3) is 0.500. The molecule has 0 aromatic carbocycles. The Morgan fingerprint density at radius 3 is 3.05 bits per heavy atom. The van der Waals surface area contributed by atoms with Crippen molar-refractivity contribution in [1.29, 1.82) is 0 Å². The topological polar surface area (TPSA) is 81.3 Å². The maximum atomic E-state index is 11.7. The number of methoxy groups -OCH3 is 1. The van der Waals surface area contributed by atoms with E-state index in [1.807, 2.05) is 13.1 Å². The molecule has 1 saturated heterocycles. The SMILES string of the molecule is COC(=O)c1nc(C2CCCN2Cc2cnc(N)s2)sc1C. The number of hydrogen-bond acceptors (Lipinski definition) is 8. The van der Waals surface area contributed by atoms with Crippen LogP contribution in [0.4, 0.5) is 5.13 Å². The molecule has 1 fully saturated rings. The number of carbonyl (C=O) groups excluding carboxylic acids is 1. The molecule has 0 radical (unpaired) electrons. The minimum Gasteiger partial charge on any atom is -0.464 e. The van der Waals surface area contributed by atoms with Crippen LogP contribution in [-0.2, 0) is 11.3 Å². The third-order valence-electron chi connectivity index (χ3n) is 3.77. The average molecular weight is 338 g/mol. The standard InChI is InChI=1S/C14H18N4O2S2/c1-8-11(13(19)20-2)17-12(21-8)10-4-3-5-18(10)7-9-6-16-14(15)22-9/h6,10H,3-5,7H2,1-2H3,(H2,15,16). The molecule has 0 bridgehead atoms. The Bertz CT molecular complexity index is 682. The summed E-state index contributed by atoms with van der Waals surface area (Å²) >= 11 is 3.11. The number of likely N-dealkylation sites (tertiary alicyclic amines) is 1. The molecule has 22 heavy (non-hydrogen) atoms. The van der Waals surface area contributed by atoms with Crippen molar-refractivity contribution in [2.45, 2.75) is 32.4 Å². The minimum atomic E-state index is -0.361. The van der Waals surface area contributed by atoms with Gasteiger partial charge >= 0.3 is 5.97 Å². The summed E-state index contributed by atoms with van der Waals surface area (Å²) in [4.78, 5) is 24.8. The molecule has 3 heterocycles. The molecule has 6 nitrogen and oxygen atoms in total. The molecule has 2 N–H and O–H groups in total. The summed E-state index contributed by atoms with van der Waals surface area (Å²) in [6.45, 7) is 3.76. The molecule has 0 spiro atoms. The first-order chi connectivity index (χ1) is 10.6. The Morgan fingerprint density at radius 2 is 2.36 bits per heavy atom. The number of esters is 1. The van der Waals surface area contributed by atoms with Gasteiger partial charge in [-0.15, -0.1) is 22.7 Å². The molecule has 1 aliphatic rings. The first-order valence-corrected chi connectivity index (χ1v) is 8.71. The Balaban J connectivity index is 1.79. The van der Waals surface area contributed by atoms with Crippen LogP contribution in [0.1, 0.15) is 44.1 Å². The first kappa shape index (κ1) is 15.4. The van der Waals surface area contributed by atoms with Gasteiger partial charge < -0.3 is 10.5 Å². The molecule has 1 atom stereocenters. The molecule has 2 aromatic rings. The van der Waals surface area contributed by atoms with Gasteiger partial charge in [-0.3, -0.25) is 4.90 Å². The summed E-state index contributed by atoms with van der Waals surface area (Å²) in [6.07, 6.45) is 4.02. The Labute approximate surface area is 136 Å². The highest BCUT2D eigenvalue weighted by atomic mass is 32.1. The van der Waals surface area contributed by atoms with Crippen LogP contribution < -0.4 is 5.73 Å². The second kappa shape index (κ2) is 6.31. The van der Waals surface area contributed by atoms with Crippen molar-refractivity contribution in [3.8, 4) is 0 Å². The number of aryl methyl sites for hydroxylation is 1. The van der Waals surface area contributed by atoms with E-state index in [1.54, 1.807) is 11.3 Å². The van der Waals surface area contributed by atoms with Crippen molar-refractivity contribution in [1.82, 2.24) is 14.9 Å². The Kier molecular flexibility index (Phi) is 4.42. The molecule has 118 valence electrons. The van der Waals surface area contributed by atoms with Gasteiger partial charge in [0.05, 0.1) is 13.2 Å². The van der Waals surface area contributed by atoms with E-state index >= 15 is 0 Å². The van der Waals surface area contributed by atoms with E-state index in [0.717, 1.165) is 40.7 Å². The van der Waals surface area contributed by atoms with Crippen LogP contribution in [0.25, 0.3) is 0 Å². The zero-order valence-electron chi connectivity index (χ0n) is 12.5. The normalized spacial score (nSPS) is 18.7. The fourth-order valence-electron chi connectivity index (χ4n) is 2.74. The van der Waals surface area contributed by atoms with Crippen molar-refractivity contribution >= 4 is 33.8 Å². The van der Waals surface area contributed by atoms with Gasteiger partial charge in [-0.2, -0.15) is 0 Å². The third-order valence-corrected chi connectivity index (χ3v) is 5.65. The van der Waals surface area contributed by atoms with E-state index in [4.69, 9.17) is 10.5 Å². The summed E-state index contributed by atoms with van der Waals surface area (Å²) in [5.41, 5.74) is 6.14. The Morgan fingerprint density at radius 1 is 1.55 bits per heavy atom. The summed E-state index contributed by atoms with van der Waals surface area (Å²) in [5.74, 6) is -0.361. The molecule has 2 aromatic heterocycles. The molecular weight excluding hydrogens is 320 g/mol. The lowest BCUT2D eigenvalue weighted by molar-refractivity contribution is 0.0593. The third kappa shape index (κ3) is 2.99. The number of anilines is 1. The lowest BCUT2D eigenvalue weighted by atomic mass is 10.2. The smallest absolute Gasteiger partial charge is 0.357 e. The number of hydrogen-bond donors (Lipinski definition) is 1. The molecule has 0 saturated carbocycles. The zero-order valence-corrected chi connectivity index (χ0v) is 14.2. The molecule has 8 heteroatoms. The van der Waals surface area contributed by atoms with Crippen LogP contribution in [0.15, 0.2) is 6.20 Å². The van der Waals surface area contributed by atoms with Gasteiger partial charge in [0.1, 0.15) is 5.01 Å². The van der Waals surface area contributed by atoms with Crippen LogP contribution in [0.3, 0.4) is 0 Å². The number of nitrogens with two attached hydrogens (primary N) is 1. The van der Waals surface area contributed by atoms with Crippen molar-refractivity contribution in [3.63, 3.8) is 0 Å². The number of aromatic nitrogens is 2. The summed E-state index contributed by atoms with van der Waals surface area (Å²) in [7, 11) is 1.39. The summed E-state index contributed by atoms with van der Waals surface area (Å²) in [6, 6.07) is 0.255. The van der Waals surface area contributed by atoms with Gasteiger partial charge in [-0.1, -0.05) is 0 Å². The second-order valence-electron chi connectivity index (χ2n) is 5.24. The van der Waals surface area contributed by atoms with Gasteiger partial charge in [-0.05, 0) is 26.3 Å². The molecular formula is C14H18N4O2S2. The van der Waals surface area contributed by atoms with E-state index in [0.29, 0.717) is 10.8 Å². The van der Waals surface area contributed by atoms with Crippen LogP contribution in [0, 0.1) is 6.92 Å². The highest BCUT2D eigenvalue weighted by Gasteiger charge is 2.30. The van der Waals surface area contributed by atoms with Crippen LogP contribution >= 0.6 is 22.7 Å². The molecule has 3 rings (SSSR count). The lowest BCUT2D eigenvalue weighted by Crippen LogP contribution is -2.22. The largest absolute Gasteiger partial charge is 0.464 e. The van der Waals surface area contributed by atoms with Gasteiger partial charge in [0.2, 0.25) is 0 Å². The number of thiazole rings is 2. The van der Waals surface area contributed by atoms with Crippen molar-refractivity contribution in [3.05, 3.63) is 26.7 Å². The fourth-order valence-corrected chi connectivity index (χ4v) is 4.53. The van der Waals surface area contributed by atoms with E-state index < -0.39 is 0 Å². The van der Waals surface area contributed by atoms with E-state index in [2.05, 4.69) is 14.9 Å². The second-order valence-corrected chi connectivity index (χ2v) is 7.62. The van der Waals surface area contributed by atoms with Crippen molar-refractivity contribution in [2.75, 3.05) is 19.4 Å². The van der Waals surface area contributed by atoms with E-state index in [1.165, 1.54) is 18.4 Å². The van der Waals surface area contributed by atoms with Gasteiger partial charge in [0, 0.05) is 22.5 Å². The maximum Gasteiger partial charge on any atom is 0.357 e. The predicted molar refractivity (Wildman–Crippen MR) is 87.1 cm³/mol. The number of carbonyl (C=O) groups is 1. The quantitative estimate of drug-likeness (QED) is 0.863. The van der Waals surface area contributed by atoms with Crippen LogP contribution in [-0.4, -0.2) is 34.5 Å². The summed E-state index contributed by atoms with van der Waals surface area (Å²) < 4.78 is 4.79. The molecule has 0 amide bonds. The highest BCUT2D eigenvalue weighted by molar-refractivity contribution is 7.15. The molecule has 0 aliphatic carbocycles. The summed E-state index contributed by atoms with van der Waals surface area (Å²) in [5, 5.41) is 1.59. The van der Waals surface area contributed by atoms with E-state index in [-0.39, 0.29) is 12.0 Å². The number of nitrogens with zero attached hydrogens (tertiary/aromatic N) is 3. The van der Waals surface area contributed by atoms with Crippen molar-refractivity contribution in [2.24, 2.45) is 0 Å². The van der Waals surface area contributed by atoms with E-state index in [9.17, 15) is 4.79 Å². The average Bonchev–Trinajstić information content (AvgIpc) is 3.19. The lowest BCUT2D eigenvalue weighted by Gasteiger charge is -2.21. The van der Waals surface area contributed by atoms with Gasteiger partial charge in [0.25, 0.3) is 0 Å². The predicted octanol–water partition coefficient (Wildman–Crippen LogP) is 2.61. The molecule has 1 aliphatic heterocycles. The number of ether oxygens (including phenoxy) is 1. The zero-order chi connectivity index (χ0) is 15.7. The van der Waals surface area contributed by atoms with Gasteiger partial charge in [0.15, 0.2) is 10.8 Å².